The zero-order chi connectivity index (χ0) is 13.3. The number of aromatic nitrogens is 1. The first-order valence-electron chi connectivity index (χ1n) is 5.26. The summed E-state index contributed by atoms with van der Waals surface area (Å²) in [4.78, 5) is 24.5. The summed E-state index contributed by atoms with van der Waals surface area (Å²) in [7, 11) is 0. The SMILES string of the molecule is NC(=O)C(O)C(O)c1ccc2[nH]cc(C=O)c2c1. The van der Waals surface area contributed by atoms with E-state index >= 15 is 0 Å². The van der Waals surface area contributed by atoms with Gasteiger partial charge < -0.3 is 20.9 Å². The Kier molecular flexibility index (Phi) is 3.14. The maximum absolute atomic E-state index is 10.8. The van der Waals surface area contributed by atoms with E-state index in [0.29, 0.717) is 22.8 Å². The molecule has 0 spiro atoms. The van der Waals surface area contributed by atoms with Gasteiger partial charge in [-0.3, -0.25) is 9.59 Å². The molecule has 5 N–H and O–H groups in total. The number of hydrogen-bond donors (Lipinski definition) is 4. The number of benzene rings is 1. The van der Waals surface area contributed by atoms with Crippen molar-refractivity contribution >= 4 is 23.1 Å². The van der Waals surface area contributed by atoms with Gasteiger partial charge in [-0.25, -0.2) is 0 Å². The number of aliphatic hydroxyl groups is 2. The Morgan fingerprint density at radius 2 is 2.11 bits per heavy atom. The zero-order valence-electron chi connectivity index (χ0n) is 9.33. The number of amides is 1. The van der Waals surface area contributed by atoms with Crippen LogP contribution in [0.25, 0.3) is 10.9 Å². The van der Waals surface area contributed by atoms with E-state index in [1.165, 1.54) is 6.07 Å². The quantitative estimate of drug-likeness (QED) is 0.563. The van der Waals surface area contributed by atoms with Gasteiger partial charge >= 0.3 is 0 Å². The summed E-state index contributed by atoms with van der Waals surface area (Å²) in [5.74, 6) is -1.01. The molecule has 0 aliphatic heterocycles. The van der Waals surface area contributed by atoms with Crippen LogP contribution in [-0.2, 0) is 4.79 Å². The third-order valence-electron chi connectivity index (χ3n) is 2.80. The minimum atomic E-state index is -1.68. The van der Waals surface area contributed by atoms with E-state index in [2.05, 4.69) is 4.98 Å². The highest BCUT2D eigenvalue weighted by molar-refractivity contribution is 5.97. The second-order valence-corrected chi connectivity index (χ2v) is 3.96. The van der Waals surface area contributed by atoms with Crippen LogP contribution in [0.1, 0.15) is 22.0 Å². The van der Waals surface area contributed by atoms with Gasteiger partial charge in [0, 0.05) is 22.7 Å². The lowest BCUT2D eigenvalue weighted by atomic mass is 10.0. The predicted molar refractivity (Wildman–Crippen MR) is 63.8 cm³/mol. The molecular formula is C12H12N2O4. The van der Waals surface area contributed by atoms with Crippen molar-refractivity contribution in [3.63, 3.8) is 0 Å². The summed E-state index contributed by atoms with van der Waals surface area (Å²) in [5, 5.41) is 19.8. The molecule has 0 aliphatic rings. The lowest BCUT2D eigenvalue weighted by Crippen LogP contribution is -2.33. The van der Waals surface area contributed by atoms with Gasteiger partial charge in [-0.15, -0.1) is 0 Å². The van der Waals surface area contributed by atoms with Crippen molar-refractivity contribution in [1.82, 2.24) is 4.98 Å². The second-order valence-electron chi connectivity index (χ2n) is 3.96. The molecule has 18 heavy (non-hydrogen) atoms. The maximum Gasteiger partial charge on any atom is 0.249 e. The summed E-state index contributed by atoms with van der Waals surface area (Å²) < 4.78 is 0. The molecule has 6 heteroatoms. The van der Waals surface area contributed by atoms with Gasteiger partial charge in [0.2, 0.25) is 5.91 Å². The standard InChI is InChI=1S/C12H12N2O4/c13-12(18)11(17)10(16)6-1-2-9-8(3-6)7(5-15)4-14-9/h1-5,10-11,14,16-17H,(H2,13,18). The Labute approximate surface area is 102 Å². The van der Waals surface area contributed by atoms with Crippen molar-refractivity contribution in [3.05, 3.63) is 35.5 Å². The summed E-state index contributed by atoms with van der Waals surface area (Å²) in [5.41, 5.74) is 6.39. The molecule has 0 radical (unpaired) electrons. The van der Waals surface area contributed by atoms with E-state index in [-0.39, 0.29) is 0 Å². The van der Waals surface area contributed by atoms with E-state index in [0.717, 1.165) is 5.52 Å². The zero-order valence-corrected chi connectivity index (χ0v) is 9.33. The fourth-order valence-electron chi connectivity index (χ4n) is 1.78. The fourth-order valence-corrected chi connectivity index (χ4v) is 1.78. The molecular weight excluding hydrogens is 236 g/mol. The summed E-state index contributed by atoms with van der Waals surface area (Å²) in [6, 6.07) is 4.73. The van der Waals surface area contributed by atoms with E-state index < -0.39 is 18.1 Å². The average Bonchev–Trinajstić information content (AvgIpc) is 2.78. The maximum atomic E-state index is 10.8. The minimum Gasteiger partial charge on any atom is -0.385 e. The Bertz CT molecular complexity index is 605. The van der Waals surface area contributed by atoms with Crippen molar-refractivity contribution in [2.75, 3.05) is 0 Å². The summed E-state index contributed by atoms with van der Waals surface area (Å²) in [6.45, 7) is 0. The number of aromatic amines is 1. The first kappa shape index (κ1) is 12.3. The van der Waals surface area contributed by atoms with Crippen LogP contribution in [-0.4, -0.2) is 33.5 Å². The average molecular weight is 248 g/mol. The first-order valence-corrected chi connectivity index (χ1v) is 5.26. The van der Waals surface area contributed by atoms with Crippen LogP contribution in [0.15, 0.2) is 24.4 Å². The Hall–Kier alpha value is -2.18. The largest absolute Gasteiger partial charge is 0.385 e. The smallest absolute Gasteiger partial charge is 0.249 e. The first-order chi connectivity index (χ1) is 8.54. The van der Waals surface area contributed by atoms with Crippen molar-refractivity contribution in [2.24, 2.45) is 5.73 Å². The third kappa shape index (κ3) is 1.99. The van der Waals surface area contributed by atoms with Gasteiger partial charge in [0.05, 0.1) is 0 Å². The van der Waals surface area contributed by atoms with Crippen LogP contribution in [0, 0.1) is 0 Å². The Morgan fingerprint density at radius 1 is 1.39 bits per heavy atom. The number of aliphatic hydroxyl groups excluding tert-OH is 2. The number of nitrogens with one attached hydrogen (secondary N) is 1. The molecule has 1 aromatic carbocycles. The number of nitrogens with two attached hydrogens (primary N) is 1. The molecule has 2 rings (SSSR count). The van der Waals surface area contributed by atoms with Crippen LogP contribution in [0.2, 0.25) is 0 Å². The molecule has 0 saturated carbocycles. The van der Waals surface area contributed by atoms with E-state index in [1.54, 1.807) is 18.3 Å². The van der Waals surface area contributed by atoms with Crippen molar-refractivity contribution in [1.29, 1.82) is 0 Å². The molecule has 1 heterocycles. The van der Waals surface area contributed by atoms with Gasteiger partial charge in [-0.1, -0.05) is 6.07 Å². The van der Waals surface area contributed by atoms with Gasteiger partial charge in [-0.05, 0) is 17.7 Å². The second kappa shape index (κ2) is 4.59. The van der Waals surface area contributed by atoms with Crippen LogP contribution in [0.5, 0.6) is 0 Å². The van der Waals surface area contributed by atoms with Crippen molar-refractivity contribution in [2.45, 2.75) is 12.2 Å². The number of fused-ring (bicyclic) bond motifs is 1. The molecule has 2 aromatic rings. The highest BCUT2D eigenvalue weighted by Crippen LogP contribution is 2.24. The monoisotopic (exact) mass is 248 g/mol. The summed E-state index contributed by atoms with van der Waals surface area (Å²) >= 11 is 0. The van der Waals surface area contributed by atoms with Gasteiger partial charge in [0.15, 0.2) is 12.4 Å². The number of carbonyl (C=O) groups is 2. The number of primary amides is 1. The van der Waals surface area contributed by atoms with Crippen LogP contribution < -0.4 is 5.73 Å². The van der Waals surface area contributed by atoms with Crippen LogP contribution >= 0.6 is 0 Å². The molecule has 2 atom stereocenters. The molecule has 0 bridgehead atoms. The lowest BCUT2D eigenvalue weighted by molar-refractivity contribution is -0.131. The highest BCUT2D eigenvalue weighted by atomic mass is 16.3. The van der Waals surface area contributed by atoms with E-state index in [4.69, 9.17) is 5.73 Å². The topological polar surface area (TPSA) is 116 Å². The predicted octanol–water partition coefficient (Wildman–Crippen LogP) is -0.140. The summed E-state index contributed by atoms with van der Waals surface area (Å²) in [6.07, 6.45) is -0.875. The van der Waals surface area contributed by atoms with Crippen LogP contribution in [0.3, 0.4) is 0 Å². The number of aldehydes is 1. The number of H-pyrrole nitrogens is 1. The molecule has 2 unspecified atom stereocenters. The number of hydrogen-bond acceptors (Lipinski definition) is 4. The normalized spacial score (nSPS) is 14.3. The fraction of sp³-hybridized carbons (Fsp3) is 0.167. The molecule has 1 amide bonds. The van der Waals surface area contributed by atoms with Gasteiger partial charge in [0.1, 0.15) is 6.10 Å². The number of carbonyl (C=O) groups excluding carboxylic acids is 2. The van der Waals surface area contributed by atoms with Gasteiger partial charge in [0.25, 0.3) is 0 Å². The molecule has 0 aliphatic carbocycles. The van der Waals surface area contributed by atoms with E-state index in [1.807, 2.05) is 0 Å². The van der Waals surface area contributed by atoms with Gasteiger partial charge in [-0.2, -0.15) is 0 Å². The van der Waals surface area contributed by atoms with Crippen LogP contribution in [0.4, 0.5) is 0 Å². The molecule has 1 aromatic heterocycles. The molecule has 6 nitrogen and oxygen atoms in total. The third-order valence-corrected chi connectivity index (χ3v) is 2.80. The molecule has 94 valence electrons. The highest BCUT2D eigenvalue weighted by Gasteiger charge is 2.23. The minimum absolute atomic E-state index is 0.316. The number of rotatable bonds is 4. The van der Waals surface area contributed by atoms with E-state index in [9.17, 15) is 19.8 Å². The van der Waals surface area contributed by atoms with Crippen molar-refractivity contribution in [3.8, 4) is 0 Å². The lowest BCUT2D eigenvalue weighted by Gasteiger charge is -2.15. The molecule has 0 saturated heterocycles. The Morgan fingerprint density at radius 3 is 2.72 bits per heavy atom. The molecule has 0 fully saturated rings. The Balaban J connectivity index is 2.45. The van der Waals surface area contributed by atoms with Crippen molar-refractivity contribution < 1.29 is 19.8 Å².